The van der Waals surface area contributed by atoms with Gasteiger partial charge < -0.3 is 0 Å². The monoisotopic (exact) mass is 302 g/mol. The average molecular weight is 303 g/mol. The van der Waals surface area contributed by atoms with E-state index in [2.05, 4.69) is 62.2 Å². The number of hydrogen-bond acceptors (Lipinski definition) is 2. The van der Waals surface area contributed by atoms with Gasteiger partial charge in [-0.25, -0.2) is 0 Å². The third-order valence-corrected chi connectivity index (χ3v) is 3.85. The molecule has 0 spiro atoms. The topological polar surface area (TPSA) is 16.1 Å². The Morgan fingerprint density at radius 3 is 2.72 bits per heavy atom. The Balaban J connectivity index is 1.71. The van der Waals surface area contributed by atoms with E-state index in [1.54, 1.807) is 0 Å². The van der Waals surface area contributed by atoms with Gasteiger partial charge in [0.15, 0.2) is 0 Å². The van der Waals surface area contributed by atoms with Crippen LogP contribution in [0.5, 0.6) is 0 Å². The molecule has 1 aromatic heterocycles. The fourth-order valence-corrected chi connectivity index (χ4v) is 2.65. The Bertz CT molecular complexity index is 536. The van der Waals surface area contributed by atoms with Gasteiger partial charge >= 0.3 is 0 Å². The third-order valence-electron chi connectivity index (χ3n) is 3.38. The van der Waals surface area contributed by atoms with Gasteiger partial charge in [0.1, 0.15) is 0 Å². The first-order chi connectivity index (χ1) is 8.81. The van der Waals surface area contributed by atoms with Crippen molar-refractivity contribution >= 4 is 15.9 Å². The summed E-state index contributed by atoms with van der Waals surface area (Å²) in [5.41, 5.74) is 4.09. The van der Waals surface area contributed by atoms with E-state index in [1.165, 1.54) is 11.1 Å². The summed E-state index contributed by atoms with van der Waals surface area (Å²) < 4.78 is 1.04. The van der Waals surface area contributed by atoms with Crippen LogP contribution in [-0.4, -0.2) is 16.4 Å². The van der Waals surface area contributed by atoms with Crippen molar-refractivity contribution in [2.45, 2.75) is 19.5 Å². The number of benzene rings is 1. The number of hydrogen-bond donors (Lipinski definition) is 0. The van der Waals surface area contributed by atoms with Gasteiger partial charge in [-0.05, 0) is 45.6 Å². The second-order valence-electron chi connectivity index (χ2n) is 4.70. The van der Waals surface area contributed by atoms with Crippen molar-refractivity contribution in [3.63, 3.8) is 0 Å². The Morgan fingerprint density at radius 1 is 1.11 bits per heavy atom. The van der Waals surface area contributed by atoms with Crippen molar-refractivity contribution < 1.29 is 0 Å². The maximum Gasteiger partial charge on any atom is 0.0544 e. The summed E-state index contributed by atoms with van der Waals surface area (Å²) in [6, 6.07) is 12.9. The van der Waals surface area contributed by atoms with Crippen LogP contribution in [0.15, 0.2) is 47.1 Å². The molecule has 0 atom stereocenters. The van der Waals surface area contributed by atoms with E-state index in [4.69, 9.17) is 0 Å². The SMILES string of the molecule is Brc1ccc(CN2CCc3ccccc3C2)nc1. The number of nitrogens with zero attached hydrogens (tertiary/aromatic N) is 2. The minimum Gasteiger partial charge on any atom is -0.293 e. The minimum atomic E-state index is 0.932. The van der Waals surface area contributed by atoms with Crippen molar-refractivity contribution in [2.24, 2.45) is 0 Å². The number of halogens is 1. The first-order valence-electron chi connectivity index (χ1n) is 6.21. The van der Waals surface area contributed by atoms with Crippen LogP contribution >= 0.6 is 15.9 Å². The van der Waals surface area contributed by atoms with E-state index in [1.807, 2.05) is 6.20 Å². The molecule has 1 aliphatic rings. The molecule has 2 aromatic rings. The predicted octanol–water partition coefficient (Wildman–Crippen LogP) is 3.40. The summed E-state index contributed by atoms with van der Waals surface area (Å²) >= 11 is 3.42. The van der Waals surface area contributed by atoms with E-state index < -0.39 is 0 Å². The summed E-state index contributed by atoms with van der Waals surface area (Å²) in [6.45, 7) is 3.09. The lowest BCUT2D eigenvalue weighted by Crippen LogP contribution is -2.30. The highest BCUT2D eigenvalue weighted by Gasteiger charge is 2.15. The van der Waals surface area contributed by atoms with E-state index >= 15 is 0 Å². The van der Waals surface area contributed by atoms with Crippen LogP contribution in [0.2, 0.25) is 0 Å². The first kappa shape index (κ1) is 11.9. The Hall–Kier alpha value is -1.19. The normalized spacial score (nSPS) is 15.4. The molecular formula is C15H15BrN2. The molecule has 0 aliphatic carbocycles. The highest BCUT2D eigenvalue weighted by atomic mass is 79.9. The highest BCUT2D eigenvalue weighted by molar-refractivity contribution is 9.10. The number of rotatable bonds is 2. The standard InChI is InChI=1S/C15H15BrN2/c16-14-5-6-15(17-9-14)11-18-8-7-12-3-1-2-4-13(12)10-18/h1-6,9H,7-8,10-11H2. The molecule has 1 aliphatic heterocycles. The molecule has 0 bridgehead atoms. The molecule has 0 fully saturated rings. The van der Waals surface area contributed by atoms with Crippen LogP contribution in [0.4, 0.5) is 0 Å². The van der Waals surface area contributed by atoms with Gasteiger partial charge in [-0.3, -0.25) is 9.88 Å². The number of fused-ring (bicyclic) bond motifs is 1. The van der Waals surface area contributed by atoms with Gasteiger partial charge in [0.25, 0.3) is 0 Å². The van der Waals surface area contributed by atoms with Gasteiger partial charge in [0.05, 0.1) is 5.69 Å². The molecule has 0 radical (unpaired) electrons. The van der Waals surface area contributed by atoms with Gasteiger partial charge in [-0.1, -0.05) is 24.3 Å². The maximum atomic E-state index is 4.44. The maximum absolute atomic E-state index is 4.44. The molecular weight excluding hydrogens is 288 g/mol. The summed E-state index contributed by atoms with van der Waals surface area (Å²) in [4.78, 5) is 6.90. The van der Waals surface area contributed by atoms with Crippen LogP contribution in [0.3, 0.4) is 0 Å². The molecule has 3 heteroatoms. The van der Waals surface area contributed by atoms with Crippen molar-refractivity contribution in [2.75, 3.05) is 6.54 Å². The molecule has 1 aromatic carbocycles. The van der Waals surface area contributed by atoms with Crippen LogP contribution < -0.4 is 0 Å². The molecule has 3 rings (SSSR count). The molecule has 0 unspecified atom stereocenters. The van der Waals surface area contributed by atoms with Gasteiger partial charge in [0.2, 0.25) is 0 Å². The van der Waals surface area contributed by atoms with Gasteiger partial charge in [-0.2, -0.15) is 0 Å². The largest absolute Gasteiger partial charge is 0.293 e. The Morgan fingerprint density at radius 2 is 1.94 bits per heavy atom. The third kappa shape index (κ3) is 2.62. The fourth-order valence-electron chi connectivity index (χ4n) is 2.42. The first-order valence-corrected chi connectivity index (χ1v) is 7.00. The molecule has 2 nitrogen and oxygen atoms in total. The molecule has 2 heterocycles. The molecule has 18 heavy (non-hydrogen) atoms. The van der Waals surface area contributed by atoms with Crippen molar-refractivity contribution in [1.82, 2.24) is 9.88 Å². The molecule has 92 valence electrons. The van der Waals surface area contributed by atoms with Crippen LogP contribution in [0, 0.1) is 0 Å². The average Bonchev–Trinajstić information content (AvgIpc) is 2.41. The van der Waals surface area contributed by atoms with Crippen LogP contribution in [0.25, 0.3) is 0 Å². The Labute approximate surface area is 116 Å². The Kier molecular flexibility index (Phi) is 3.43. The lowest BCUT2D eigenvalue weighted by atomic mass is 10.00. The zero-order valence-corrected chi connectivity index (χ0v) is 11.7. The van der Waals surface area contributed by atoms with Crippen LogP contribution in [-0.2, 0) is 19.5 Å². The predicted molar refractivity (Wildman–Crippen MR) is 76.2 cm³/mol. The summed E-state index contributed by atoms with van der Waals surface area (Å²) in [6.07, 6.45) is 3.01. The lowest BCUT2D eigenvalue weighted by Gasteiger charge is -2.28. The number of pyridine rings is 1. The lowest BCUT2D eigenvalue weighted by molar-refractivity contribution is 0.242. The van der Waals surface area contributed by atoms with E-state index in [0.29, 0.717) is 0 Å². The molecule has 0 saturated heterocycles. The molecule has 0 saturated carbocycles. The zero-order chi connectivity index (χ0) is 12.4. The van der Waals surface area contributed by atoms with E-state index in [0.717, 1.165) is 36.2 Å². The van der Waals surface area contributed by atoms with E-state index in [-0.39, 0.29) is 0 Å². The highest BCUT2D eigenvalue weighted by Crippen LogP contribution is 2.20. The second kappa shape index (κ2) is 5.21. The van der Waals surface area contributed by atoms with Gasteiger partial charge in [0, 0.05) is 30.3 Å². The fraction of sp³-hybridized carbons (Fsp3) is 0.267. The van der Waals surface area contributed by atoms with E-state index in [9.17, 15) is 0 Å². The van der Waals surface area contributed by atoms with Gasteiger partial charge in [-0.15, -0.1) is 0 Å². The zero-order valence-electron chi connectivity index (χ0n) is 10.1. The van der Waals surface area contributed by atoms with Crippen LogP contribution in [0.1, 0.15) is 16.8 Å². The smallest absolute Gasteiger partial charge is 0.0544 e. The summed E-state index contributed by atoms with van der Waals surface area (Å²) in [5.74, 6) is 0. The molecule has 0 amide bonds. The summed E-state index contributed by atoms with van der Waals surface area (Å²) in [5, 5.41) is 0. The van der Waals surface area contributed by atoms with Crippen molar-refractivity contribution in [3.05, 3.63) is 63.9 Å². The quantitative estimate of drug-likeness (QED) is 0.845. The second-order valence-corrected chi connectivity index (χ2v) is 5.61. The summed E-state index contributed by atoms with van der Waals surface area (Å²) in [7, 11) is 0. The minimum absolute atomic E-state index is 0.932. The van der Waals surface area contributed by atoms with Crippen molar-refractivity contribution in [1.29, 1.82) is 0 Å². The molecule has 0 N–H and O–H groups in total. The number of aromatic nitrogens is 1. The van der Waals surface area contributed by atoms with Crippen molar-refractivity contribution in [3.8, 4) is 0 Å².